The van der Waals surface area contributed by atoms with Gasteiger partial charge in [-0.25, -0.2) is 9.78 Å². The number of fused-ring (bicyclic) bond motifs is 3. The zero-order chi connectivity index (χ0) is 22.1. The van der Waals surface area contributed by atoms with E-state index in [0.29, 0.717) is 13.0 Å². The number of carboxylic acids is 1. The van der Waals surface area contributed by atoms with E-state index in [1.165, 1.54) is 11.1 Å². The van der Waals surface area contributed by atoms with Crippen LogP contribution in [0.2, 0.25) is 0 Å². The summed E-state index contributed by atoms with van der Waals surface area (Å²) in [4.78, 5) is 15.4. The Hall–Kier alpha value is -2.96. The van der Waals surface area contributed by atoms with Gasteiger partial charge in [0.05, 0.1) is 48.6 Å². The number of benzene rings is 2. The van der Waals surface area contributed by atoms with Crippen LogP contribution in [0.25, 0.3) is 11.3 Å². The van der Waals surface area contributed by atoms with Crippen molar-refractivity contribution in [3.8, 4) is 11.3 Å². The monoisotopic (exact) mass is 432 g/mol. The molecule has 2 unspecified atom stereocenters. The summed E-state index contributed by atoms with van der Waals surface area (Å²) in [5, 5.41) is 20.2. The maximum atomic E-state index is 11.1. The van der Waals surface area contributed by atoms with E-state index in [1.807, 2.05) is 24.7 Å². The van der Waals surface area contributed by atoms with Crippen molar-refractivity contribution in [2.45, 2.75) is 57.0 Å². The minimum Gasteiger partial charge on any atom is -0.478 e. The molecule has 166 valence electrons. The van der Waals surface area contributed by atoms with Crippen LogP contribution in [-0.2, 0) is 11.3 Å². The maximum absolute atomic E-state index is 11.1. The fourth-order valence-corrected chi connectivity index (χ4v) is 5.24. The number of ether oxygens (including phenoxy) is 1. The average molecular weight is 433 g/mol. The second-order valence-corrected chi connectivity index (χ2v) is 8.95. The Morgan fingerprint density at radius 2 is 1.94 bits per heavy atom. The first-order chi connectivity index (χ1) is 15.6. The lowest BCUT2D eigenvalue weighted by Gasteiger charge is -2.32. The van der Waals surface area contributed by atoms with E-state index in [1.54, 1.807) is 18.2 Å². The molecule has 1 saturated carbocycles. The number of hydrogen-bond donors (Lipinski definition) is 2. The predicted octanol–water partition coefficient (Wildman–Crippen LogP) is 4.68. The van der Waals surface area contributed by atoms with Gasteiger partial charge in [-0.05, 0) is 61.3 Å². The third-order valence-corrected chi connectivity index (χ3v) is 6.98. The number of aromatic nitrogens is 2. The molecule has 0 amide bonds. The zero-order valence-electron chi connectivity index (χ0n) is 17.9. The predicted molar refractivity (Wildman–Crippen MR) is 120 cm³/mol. The van der Waals surface area contributed by atoms with E-state index in [4.69, 9.17) is 9.84 Å². The highest BCUT2D eigenvalue weighted by molar-refractivity contribution is 5.87. The molecule has 1 aliphatic carbocycles. The number of imidazole rings is 1. The minimum atomic E-state index is -0.922. The first-order valence-corrected chi connectivity index (χ1v) is 11.3. The van der Waals surface area contributed by atoms with Gasteiger partial charge in [-0.1, -0.05) is 36.4 Å². The third-order valence-electron chi connectivity index (χ3n) is 6.98. The van der Waals surface area contributed by atoms with E-state index in [2.05, 4.69) is 27.8 Å². The molecule has 0 saturated heterocycles. The Labute approximate surface area is 187 Å². The van der Waals surface area contributed by atoms with Gasteiger partial charge in [0.15, 0.2) is 0 Å². The number of aliphatic hydroxyl groups is 1. The molecule has 2 atom stereocenters. The summed E-state index contributed by atoms with van der Waals surface area (Å²) >= 11 is 0. The van der Waals surface area contributed by atoms with Gasteiger partial charge >= 0.3 is 5.97 Å². The zero-order valence-corrected chi connectivity index (χ0v) is 17.9. The molecular weight excluding hydrogens is 404 g/mol. The van der Waals surface area contributed by atoms with Crippen molar-refractivity contribution in [3.05, 3.63) is 77.7 Å². The van der Waals surface area contributed by atoms with Crippen molar-refractivity contribution in [2.24, 2.45) is 5.92 Å². The standard InChI is InChI=1S/C26H28N2O4/c29-25(13-23-21-6-1-2-7-22(21)24-14-27-16-28(23)24)18-8-10-20(11-9-18)32-15-17-4-3-5-19(12-17)26(30)31/h1-7,12,14,16,18,20,23,25,29H,8-11,13,15H2,(H,30,31)/t18-,20-,23?,25?. The number of carboxylic acid groups (broad SMARTS) is 1. The summed E-state index contributed by atoms with van der Waals surface area (Å²) in [6.45, 7) is 0.418. The number of rotatable bonds is 7. The number of aromatic carboxylic acids is 1. The van der Waals surface area contributed by atoms with Crippen LogP contribution in [0, 0.1) is 5.92 Å². The van der Waals surface area contributed by atoms with Gasteiger partial charge in [0.2, 0.25) is 0 Å². The molecule has 5 rings (SSSR count). The van der Waals surface area contributed by atoms with Crippen LogP contribution in [0.5, 0.6) is 0 Å². The molecular formula is C26H28N2O4. The molecule has 0 bridgehead atoms. The number of aliphatic hydroxyl groups excluding tert-OH is 1. The van der Waals surface area contributed by atoms with Crippen molar-refractivity contribution < 1.29 is 19.7 Å². The summed E-state index contributed by atoms with van der Waals surface area (Å²) in [6, 6.07) is 15.4. The third kappa shape index (κ3) is 4.08. The molecule has 2 N–H and O–H groups in total. The van der Waals surface area contributed by atoms with E-state index < -0.39 is 5.97 Å². The van der Waals surface area contributed by atoms with Crippen molar-refractivity contribution in [2.75, 3.05) is 0 Å². The molecule has 0 radical (unpaired) electrons. The molecule has 0 spiro atoms. The smallest absolute Gasteiger partial charge is 0.335 e. The largest absolute Gasteiger partial charge is 0.478 e. The van der Waals surface area contributed by atoms with Crippen molar-refractivity contribution in [1.29, 1.82) is 0 Å². The Morgan fingerprint density at radius 3 is 2.75 bits per heavy atom. The first-order valence-electron chi connectivity index (χ1n) is 11.3. The fraction of sp³-hybridized carbons (Fsp3) is 0.385. The van der Waals surface area contributed by atoms with Crippen LogP contribution >= 0.6 is 0 Å². The average Bonchev–Trinajstić information content (AvgIpc) is 3.41. The summed E-state index contributed by atoms with van der Waals surface area (Å²) in [5.74, 6) is -0.654. The van der Waals surface area contributed by atoms with Crippen molar-refractivity contribution in [1.82, 2.24) is 9.55 Å². The minimum absolute atomic E-state index is 0.134. The highest BCUT2D eigenvalue weighted by Crippen LogP contribution is 2.42. The topological polar surface area (TPSA) is 84.6 Å². The lowest BCUT2D eigenvalue weighted by atomic mass is 9.81. The molecule has 3 aromatic rings. The molecule has 1 fully saturated rings. The van der Waals surface area contributed by atoms with Crippen LogP contribution in [-0.4, -0.2) is 37.9 Å². The molecule has 2 aliphatic rings. The highest BCUT2D eigenvalue weighted by Gasteiger charge is 2.33. The van der Waals surface area contributed by atoms with Crippen molar-refractivity contribution in [3.63, 3.8) is 0 Å². The Morgan fingerprint density at radius 1 is 1.12 bits per heavy atom. The van der Waals surface area contributed by atoms with Gasteiger partial charge in [-0.15, -0.1) is 0 Å². The van der Waals surface area contributed by atoms with Gasteiger partial charge in [-0.2, -0.15) is 0 Å². The van der Waals surface area contributed by atoms with Gasteiger partial charge < -0.3 is 19.5 Å². The second kappa shape index (κ2) is 8.88. The molecule has 6 heteroatoms. The lowest BCUT2D eigenvalue weighted by molar-refractivity contribution is -0.0160. The molecule has 1 aliphatic heterocycles. The second-order valence-electron chi connectivity index (χ2n) is 8.95. The van der Waals surface area contributed by atoms with Gasteiger partial charge in [0.25, 0.3) is 0 Å². The van der Waals surface area contributed by atoms with Gasteiger partial charge in [-0.3, -0.25) is 0 Å². The summed E-state index contributed by atoms with van der Waals surface area (Å²) in [5.41, 5.74) is 4.77. The van der Waals surface area contributed by atoms with E-state index in [-0.39, 0.29) is 29.7 Å². The van der Waals surface area contributed by atoms with Gasteiger partial charge in [0, 0.05) is 5.56 Å². The molecule has 2 aromatic carbocycles. The van der Waals surface area contributed by atoms with E-state index in [0.717, 1.165) is 36.9 Å². The summed E-state index contributed by atoms with van der Waals surface area (Å²) < 4.78 is 8.25. The summed E-state index contributed by atoms with van der Waals surface area (Å²) in [7, 11) is 0. The van der Waals surface area contributed by atoms with Gasteiger partial charge in [0.1, 0.15) is 0 Å². The number of hydrogen-bond acceptors (Lipinski definition) is 4. The van der Waals surface area contributed by atoms with Crippen molar-refractivity contribution >= 4 is 5.97 Å². The highest BCUT2D eigenvalue weighted by atomic mass is 16.5. The van der Waals surface area contributed by atoms with E-state index in [9.17, 15) is 9.90 Å². The summed E-state index contributed by atoms with van der Waals surface area (Å²) in [6.07, 6.45) is 7.96. The van der Waals surface area contributed by atoms with Crippen LogP contribution < -0.4 is 0 Å². The molecule has 2 heterocycles. The van der Waals surface area contributed by atoms with Crippen LogP contribution in [0.1, 0.15) is 59.6 Å². The number of carbonyl (C=O) groups is 1. The normalized spacial score (nSPS) is 22.8. The molecule has 1 aromatic heterocycles. The maximum Gasteiger partial charge on any atom is 0.335 e. The molecule has 32 heavy (non-hydrogen) atoms. The van der Waals surface area contributed by atoms with E-state index >= 15 is 0 Å². The Kier molecular flexibility index (Phi) is 5.81. The van der Waals surface area contributed by atoms with Crippen LogP contribution in [0.4, 0.5) is 0 Å². The Bertz CT molecular complexity index is 1100. The lowest BCUT2D eigenvalue weighted by Crippen LogP contribution is -2.30. The van der Waals surface area contributed by atoms with Crippen LogP contribution in [0.3, 0.4) is 0 Å². The first kappa shape index (κ1) is 20.9. The van der Waals surface area contributed by atoms with Crippen LogP contribution in [0.15, 0.2) is 61.1 Å². The Balaban J connectivity index is 1.15. The quantitative estimate of drug-likeness (QED) is 0.566. The fourth-order valence-electron chi connectivity index (χ4n) is 5.24. The SMILES string of the molecule is O=C(O)c1cccc(CO[C@H]2CC[C@H](C(O)CC3c4ccccc4-c4cncn43)CC2)c1. The molecule has 6 nitrogen and oxygen atoms in total. The number of nitrogens with zero attached hydrogens (tertiary/aromatic N) is 2.